The fourth-order valence-corrected chi connectivity index (χ4v) is 2.97. The number of ketones is 1. The molecule has 0 bridgehead atoms. The monoisotopic (exact) mass is 356 g/mol. The number of hydrogen-bond acceptors (Lipinski definition) is 4. The van der Waals surface area contributed by atoms with Gasteiger partial charge in [0.15, 0.2) is 5.76 Å². The zero-order valence-electron chi connectivity index (χ0n) is 13.9. The van der Waals surface area contributed by atoms with Gasteiger partial charge >= 0.3 is 5.97 Å². The maximum absolute atomic E-state index is 12.9. The predicted octanol–water partition coefficient (Wildman–Crippen LogP) is 4.98. The first-order chi connectivity index (χ1) is 12.0. The van der Waals surface area contributed by atoms with Crippen LogP contribution in [-0.2, 0) is 9.53 Å². The molecule has 0 aliphatic rings. The third-order valence-corrected chi connectivity index (χ3v) is 4.24. The zero-order valence-corrected chi connectivity index (χ0v) is 14.7. The summed E-state index contributed by atoms with van der Waals surface area (Å²) in [5, 5.41) is 1.15. The normalized spacial score (nSPS) is 12.1. The van der Waals surface area contributed by atoms with Gasteiger partial charge < -0.3 is 9.15 Å². The number of halogens is 1. The molecule has 1 unspecified atom stereocenters. The summed E-state index contributed by atoms with van der Waals surface area (Å²) in [6.07, 6.45) is 0. The lowest BCUT2D eigenvalue weighted by Gasteiger charge is -2.11. The van der Waals surface area contributed by atoms with Crippen molar-refractivity contribution in [2.24, 2.45) is 0 Å². The number of carbonyl (C=O) groups is 2. The minimum absolute atomic E-state index is 0.143. The van der Waals surface area contributed by atoms with Gasteiger partial charge in [0, 0.05) is 21.5 Å². The summed E-state index contributed by atoms with van der Waals surface area (Å²) in [5.41, 5.74) is 1.50. The van der Waals surface area contributed by atoms with Crippen LogP contribution < -0.4 is 0 Å². The van der Waals surface area contributed by atoms with Gasteiger partial charge in [0.1, 0.15) is 5.58 Å². The summed E-state index contributed by atoms with van der Waals surface area (Å²) in [6.45, 7) is 3.71. The van der Waals surface area contributed by atoms with Gasteiger partial charge in [-0.2, -0.15) is 0 Å². The van der Waals surface area contributed by atoms with E-state index in [0.29, 0.717) is 27.1 Å². The van der Waals surface area contributed by atoms with Crippen LogP contribution in [0.5, 0.6) is 0 Å². The third kappa shape index (κ3) is 3.30. The lowest BCUT2D eigenvalue weighted by Crippen LogP contribution is -2.15. The molecule has 0 spiro atoms. The third-order valence-electron chi connectivity index (χ3n) is 4.00. The summed E-state index contributed by atoms with van der Waals surface area (Å²) >= 11 is 6.10. The van der Waals surface area contributed by atoms with Crippen LogP contribution >= 0.6 is 11.6 Å². The van der Waals surface area contributed by atoms with E-state index in [2.05, 4.69) is 0 Å². The van der Waals surface area contributed by atoms with E-state index in [0.717, 1.165) is 0 Å². The first-order valence-electron chi connectivity index (χ1n) is 8.01. The van der Waals surface area contributed by atoms with Crippen molar-refractivity contribution in [2.45, 2.75) is 19.8 Å². The van der Waals surface area contributed by atoms with Crippen molar-refractivity contribution in [3.63, 3.8) is 0 Å². The Morgan fingerprint density at radius 1 is 1.16 bits per heavy atom. The number of rotatable bonds is 5. The van der Waals surface area contributed by atoms with Crippen molar-refractivity contribution in [1.82, 2.24) is 0 Å². The Morgan fingerprint density at radius 2 is 1.88 bits per heavy atom. The number of fused-ring (bicyclic) bond motifs is 1. The van der Waals surface area contributed by atoms with Gasteiger partial charge in [0.2, 0.25) is 5.78 Å². The van der Waals surface area contributed by atoms with Crippen LogP contribution in [0.25, 0.3) is 11.0 Å². The molecule has 0 radical (unpaired) electrons. The maximum Gasteiger partial charge on any atom is 0.313 e. The fourth-order valence-electron chi connectivity index (χ4n) is 2.79. The molecule has 0 fully saturated rings. The average molecular weight is 357 g/mol. The molecule has 0 saturated carbocycles. The Labute approximate surface area is 150 Å². The van der Waals surface area contributed by atoms with E-state index in [1.807, 2.05) is 6.07 Å². The highest BCUT2D eigenvalue weighted by atomic mass is 35.5. The summed E-state index contributed by atoms with van der Waals surface area (Å²) < 4.78 is 10.9. The summed E-state index contributed by atoms with van der Waals surface area (Å²) in [5.74, 6) is -1.20. The van der Waals surface area contributed by atoms with Crippen LogP contribution in [0.2, 0.25) is 5.02 Å². The Balaban J connectivity index is 2.19. The van der Waals surface area contributed by atoms with E-state index in [9.17, 15) is 9.59 Å². The highest BCUT2D eigenvalue weighted by Gasteiger charge is 2.29. The molecule has 5 heteroatoms. The molecular formula is C20H17ClO4. The highest BCUT2D eigenvalue weighted by molar-refractivity contribution is 6.31. The average Bonchev–Trinajstić information content (AvgIpc) is 2.99. The van der Waals surface area contributed by atoms with Crippen LogP contribution in [0.1, 0.15) is 41.4 Å². The minimum atomic E-state index is -0.651. The maximum atomic E-state index is 12.9. The molecule has 1 heterocycles. The van der Waals surface area contributed by atoms with Crippen molar-refractivity contribution >= 4 is 34.3 Å². The number of hydrogen-bond donors (Lipinski definition) is 0. The Kier molecular flexibility index (Phi) is 4.91. The fraction of sp³-hybridized carbons (Fsp3) is 0.200. The molecule has 1 atom stereocenters. The van der Waals surface area contributed by atoms with Crippen LogP contribution in [0.4, 0.5) is 0 Å². The number of esters is 1. The van der Waals surface area contributed by atoms with Crippen molar-refractivity contribution in [3.8, 4) is 0 Å². The number of benzene rings is 2. The molecule has 2 aromatic carbocycles. The van der Waals surface area contributed by atoms with Crippen LogP contribution in [0.3, 0.4) is 0 Å². The van der Waals surface area contributed by atoms with E-state index in [-0.39, 0.29) is 18.2 Å². The van der Waals surface area contributed by atoms with Crippen LogP contribution in [-0.4, -0.2) is 18.4 Å². The minimum Gasteiger partial charge on any atom is -0.466 e. The van der Waals surface area contributed by atoms with E-state index >= 15 is 0 Å². The second kappa shape index (κ2) is 7.11. The van der Waals surface area contributed by atoms with Gasteiger partial charge in [-0.3, -0.25) is 9.59 Å². The zero-order chi connectivity index (χ0) is 18.0. The number of furan rings is 1. The van der Waals surface area contributed by atoms with Gasteiger partial charge in [-0.05, 0) is 32.0 Å². The van der Waals surface area contributed by atoms with Crippen molar-refractivity contribution in [3.05, 3.63) is 70.4 Å². The molecule has 0 aliphatic carbocycles. The molecule has 0 amide bonds. The van der Waals surface area contributed by atoms with Gasteiger partial charge in [-0.25, -0.2) is 0 Å². The largest absolute Gasteiger partial charge is 0.466 e. The molecule has 25 heavy (non-hydrogen) atoms. The number of ether oxygens (including phenoxy) is 1. The Morgan fingerprint density at radius 3 is 2.56 bits per heavy atom. The topological polar surface area (TPSA) is 56.5 Å². The lowest BCUT2D eigenvalue weighted by atomic mass is 9.94. The number of carbonyl (C=O) groups excluding carboxylic acids is 2. The quantitative estimate of drug-likeness (QED) is 0.477. The van der Waals surface area contributed by atoms with Crippen molar-refractivity contribution in [1.29, 1.82) is 0 Å². The first kappa shape index (κ1) is 17.2. The van der Waals surface area contributed by atoms with Crippen LogP contribution in [0, 0.1) is 0 Å². The standard InChI is InChI=1S/C20H17ClO4/c1-3-24-20(23)12(2)17-15-11-14(21)9-10-16(15)25-19(17)18(22)13-7-5-4-6-8-13/h4-12H,3H2,1-2H3. The van der Waals surface area contributed by atoms with Crippen LogP contribution in [0.15, 0.2) is 52.9 Å². The summed E-state index contributed by atoms with van der Waals surface area (Å²) in [6, 6.07) is 13.9. The Bertz CT molecular complexity index is 928. The Hall–Kier alpha value is -2.59. The van der Waals surface area contributed by atoms with E-state index in [1.54, 1.807) is 56.3 Å². The SMILES string of the molecule is CCOC(=O)C(C)c1c(C(=O)c2ccccc2)oc2ccc(Cl)cc12. The molecule has 0 N–H and O–H groups in total. The van der Waals surface area contributed by atoms with E-state index < -0.39 is 11.9 Å². The van der Waals surface area contributed by atoms with Crippen molar-refractivity contribution < 1.29 is 18.7 Å². The smallest absolute Gasteiger partial charge is 0.313 e. The molecule has 3 aromatic rings. The molecule has 1 aromatic heterocycles. The van der Waals surface area contributed by atoms with E-state index in [4.69, 9.17) is 20.8 Å². The van der Waals surface area contributed by atoms with Gasteiger partial charge in [-0.1, -0.05) is 41.9 Å². The molecular weight excluding hydrogens is 340 g/mol. The molecule has 128 valence electrons. The highest BCUT2D eigenvalue weighted by Crippen LogP contribution is 2.35. The summed E-state index contributed by atoms with van der Waals surface area (Å²) in [7, 11) is 0. The molecule has 0 aliphatic heterocycles. The predicted molar refractivity (Wildman–Crippen MR) is 96.1 cm³/mol. The second-order valence-corrected chi connectivity index (χ2v) is 6.09. The first-order valence-corrected chi connectivity index (χ1v) is 8.39. The summed E-state index contributed by atoms with van der Waals surface area (Å²) in [4.78, 5) is 25.2. The molecule has 3 rings (SSSR count). The van der Waals surface area contributed by atoms with Gasteiger partial charge in [-0.15, -0.1) is 0 Å². The molecule has 4 nitrogen and oxygen atoms in total. The van der Waals surface area contributed by atoms with Gasteiger partial charge in [0.25, 0.3) is 0 Å². The van der Waals surface area contributed by atoms with Crippen molar-refractivity contribution in [2.75, 3.05) is 6.61 Å². The van der Waals surface area contributed by atoms with Gasteiger partial charge in [0.05, 0.1) is 12.5 Å². The van der Waals surface area contributed by atoms with E-state index in [1.165, 1.54) is 0 Å². The second-order valence-electron chi connectivity index (χ2n) is 5.65. The lowest BCUT2D eigenvalue weighted by molar-refractivity contribution is -0.144. The molecule has 0 saturated heterocycles.